The summed E-state index contributed by atoms with van der Waals surface area (Å²) in [4.78, 5) is 12.4. The van der Waals surface area contributed by atoms with E-state index in [2.05, 4.69) is 10.0 Å². The second-order valence-corrected chi connectivity index (χ2v) is 8.10. The topological polar surface area (TPSA) is 75.3 Å². The molecular formula is C21H19FN2O3S. The molecule has 0 aromatic heterocycles. The van der Waals surface area contributed by atoms with Crippen LogP contribution in [-0.2, 0) is 10.0 Å². The highest BCUT2D eigenvalue weighted by atomic mass is 32.2. The molecule has 0 bridgehead atoms. The van der Waals surface area contributed by atoms with Crippen molar-refractivity contribution < 1.29 is 17.6 Å². The van der Waals surface area contributed by atoms with Crippen molar-refractivity contribution in [1.29, 1.82) is 0 Å². The van der Waals surface area contributed by atoms with Gasteiger partial charge in [-0.3, -0.25) is 9.52 Å². The number of halogens is 1. The van der Waals surface area contributed by atoms with Crippen molar-refractivity contribution >= 4 is 27.3 Å². The van der Waals surface area contributed by atoms with Gasteiger partial charge in [0.2, 0.25) is 0 Å². The predicted octanol–water partition coefficient (Wildman–Crippen LogP) is 4.50. The van der Waals surface area contributed by atoms with Crippen molar-refractivity contribution in [3.05, 3.63) is 89.2 Å². The van der Waals surface area contributed by atoms with Gasteiger partial charge in [0.1, 0.15) is 5.82 Å². The van der Waals surface area contributed by atoms with Gasteiger partial charge in [-0.15, -0.1) is 0 Å². The molecule has 28 heavy (non-hydrogen) atoms. The molecule has 0 saturated heterocycles. The Morgan fingerprint density at radius 3 is 2.32 bits per heavy atom. The zero-order chi connectivity index (χ0) is 20.3. The number of benzene rings is 3. The number of aryl methyl sites for hydroxylation is 2. The SMILES string of the molecule is Cc1ccc(NS(=O)(=O)c2cccc(C(=O)Nc3ccc(F)cc3)c2)c(C)c1. The fourth-order valence-electron chi connectivity index (χ4n) is 2.67. The first kappa shape index (κ1) is 19.6. The highest BCUT2D eigenvalue weighted by Gasteiger charge is 2.17. The molecule has 144 valence electrons. The standard InChI is InChI=1S/C21H19FN2O3S/c1-14-6-11-20(15(2)12-14)24-28(26,27)19-5-3-4-16(13-19)21(25)23-18-9-7-17(22)8-10-18/h3-13,24H,1-2H3,(H,23,25). The van der Waals surface area contributed by atoms with Crippen molar-refractivity contribution in [3.63, 3.8) is 0 Å². The third-order valence-corrected chi connectivity index (χ3v) is 5.50. The van der Waals surface area contributed by atoms with E-state index in [1.807, 2.05) is 26.0 Å². The van der Waals surface area contributed by atoms with Crippen LogP contribution in [-0.4, -0.2) is 14.3 Å². The normalized spacial score (nSPS) is 11.1. The molecule has 1 amide bonds. The third-order valence-electron chi connectivity index (χ3n) is 4.13. The van der Waals surface area contributed by atoms with Crippen molar-refractivity contribution in [1.82, 2.24) is 0 Å². The maximum Gasteiger partial charge on any atom is 0.261 e. The van der Waals surface area contributed by atoms with E-state index in [0.29, 0.717) is 11.4 Å². The average molecular weight is 398 g/mol. The molecule has 0 heterocycles. The first-order valence-corrected chi connectivity index (χ1v) is 10.00. The van der Waals surface area contributed by atoms with Gasteiger partial charge in [-0.2, -0.15) is 0 Å². The lowest BCUT2D eigenvalue weighted by molar-refractivity contribution is 0.102. The number of rotatable bonds is 5. The Labute approximate surface area is 163 Å². The maximum atomic E-state index is 13.0. The van der Waals surface area contributed by atoms with Crippen LogP contribution in [0.1, 0.15) is 21.5 Å². The molecule has 0 aliphatic heterocycles. The van der Waals surface area contributed by atoms with Crippen molar-refractivity contribution in [2.75, 3.05) is 10.0 Å². The van der Waals surface area contributed by atoms with Crippen molar-refractivity contribution in [3.8, 4) is 0 Å². The van der Waals surface area contributed by atoms with Gasteiger partial charge in [-0.05, 0) is 67.9 Å². The van der Waals surface area contributed by atoms with Gasteiger partial charge in [-0.25, -0.2) is 12.8 Å². The van der Waals surface area contributed by atoms with E-state index in [1.54, 1.807) is 6.07 Å². The second kappa shape index (κ2) is 7.82. The Morgan fingerprint density at radius 1 is 0.929 bits per heavy atom. The summed E-state index contributed by atoms with van der Waals surface area (Å²) in [7, 11) is -3.86. The molecule has 0 unspecified atom stereocenters. The minimum atomic E-state index is -3.86. The third kappa shape index (κ3) is 4.55. The Kier molecular flexibility index (Phi) is 5.46. The van der Waals surface area contributed by atoms with E-state index < -0.39 is 21.7 Å². The summed E-state index contributed by atoms with van der Waals surface area (Å²) < 4.78 is 41.0. The number of sulfonamides is 1. The number of hydrogen-bond acceptors (Lipinski definition) is 3. The van der Waals surface area contributed by atoms with Gasteiger partial charge in [0, 0.05) is 11.3 Å². The second-order valence-electron chi connectivity index (χ2n) is 6.41. The van der Waals surface area contributed by atoms with Crippen LogP contribution in [0.25, 0.3) is 0 Å². The van der Waals surface area contributed by atoms with E-state index in [1.165, 1.54) is 48.5 Å². The van der Waals surface area contributed by atoms with Gasteiger partial charge in [0.25, 0.3) is 15.9 Å². The van der Waals surface area contributed by atoms with Crippen LogP contribution in [0.4, 0.5) is 15.8 Å². The Hall–Kier alpha value is -3.19. The predicted molar refractivity (Wildman–Crippen MR) is 108 cm³/mol. The number of nitrogens with one attached hydrogen (secondary N) is 2. The summed E-state index contributed by atoms with van der Waals surface area (Å²) in [5.74, 6) is -0.904. The first-order chi connectivity index (χ1) is 13.2. The fourth-order valence-corrected chi connectivity index (χ4v) is 3.85. The van der Waals surface area contributed by atoms with Gasteiger partial charge in [-0.1, -0.05) is 23.8 Å². The summed E-state index contributed by atoms with van der Waals surface area (Å²) in [5.41, 5.74) is 2.89. The molecule has 0 fully saturated rings. The lowest BCUT2D eigenvalue weighted by Crippen LogP contribution is -2.16. The zero-order valence-electron chi connectivity index (χ0n) is 15.4. The van der Waals surface area contributed by atoms with E-state index in [-0.39, 0.29) is 10.5 Å². The van der Waals surface area contributed by atoms with Gasteiger partial charge in [0.05, 0.1) is 10.6 Å². The van der Waals surface area contributed by atoms with Crippen LogP contribution >= 0.6 is 0 Å². The molecule has 0 atom stereocenters. The van der Waals surface area contributed by atoms with Crippen LogP contribution < -0.4 is 10.0 Å². The van der Waals surface area contributed by atoms with Crippen LogP contribution in [0.2, 0.25) is 0 Å². The summed E-state index contributed by atoms with van der Waals surface area (Å²) in [6.07, 6.45) is 0. The lowest BCUT2D eigenvalue weighted by atomic mass is 10.1. The largest absolute Gasteiger partial charge is 0.322 e. The highest BCUT2D eigenvalue weighted by molar-refractivity contribution is 7.92. The van der Waals surface area contributed by atoms with Crippen molar-refractivity contribution in [2.24, 2.45) is 0 Å². The minimum absolute atomic E-state index is 0.0285. The smallest absolute Gasteiger partial charge is 0.261 e. The van der Waals surface area contributed by atoms with E-state index >= 15 is 0 Å². The molecule has 0 aliphatic carbocycles. The monoisotopic (exact) mass is 398 g/mol. The number of anilines is 2. The first-order valence-electron chi connectivity index (χ1n) is 8.52. The van der Waals surface area contributed by atoms with Crippen molar-refractivity contribution in [2.45, 2.75) is 18.7 Å². The molecule has 3 aromatic carbocycles. The lowest BCUT2D eigenvalue weighted by Gasteiger charge is -2.12. The molecule has 0 radical (unpaired) electrons. The minimum Gasteiger partial charge on any atom is -0.322 e. The number of carbonyl (C=O) groups excluding carboxylic acids is 1. The van der Waals surface area contributed by atoms with Crippen LogP contribution in [0.15, 0.2) is 71.6 Å². The van der Waals surface area contributed by atoms with Crippen LogP contribution in [0.5, 0.6) is 0 Å². The molecule has 5 nitrogen and oxygen atoms in total. The van der Waals surface area contributed by atoms with Crippen LogP contribution in [0.3, 0.4) is 0 Å². The summed E-state index contributed by atoms with van der Waals surface area (Å²) in [5, 5.41) is 2.61. The Morgan fingerprint density at radius 2 is 1.64 bits per heavy atom. The van der Waals surface area contributed by atoms with E-state index in [9.17, 15) is 17.6 Å². The molecular weight excluding hydrogens is 379 g/mol. The Balaban J connectivity index is 1.83. The number of carbonyl (C=O) groups is 1. The number of hydrogen-bond donors (Lipinski definition) is 2. The summed E-state index contributed by atoms with van der Waals surface area (Å²) in [6, 6.07) is 16.4. The molecule has 0 aliphatic rings. The Bertz CT molecular complexity index is 1130. The maximum absolute atomic E-state index is 13.0. The van der Waals surface area contributed by atoms with Gasteiger partial charge >= 0.3 is 0 Å². The highest BCUT2D eigenvalue weighted by Crippen LogP contribution is 2.21. The number of amides is 1. The average Bonchev–Trinajstić information content (AvgIpc) is 2.66. The van der Waals surface area contributed by atoms with E-state index in [0.717, 1.165) is 11.1 Å². The molecule has 7 heteroatoms. The molecule has 2 N–H and O–H groups in total. The molecule has 0 spiro atoms. The zero-order valence-corrected chi connectivity index (χ0v) is 16.2. The van der Waals surface area contributed by atoms with E-state index in [4.69, 9.17) is 0 Å². The molecule has 3 rings (SSSR count). The van der Waals surface area contributed by atoms with Gasteiger partial charge < -0.3 is 5.32 Å². The summed E-state index contributed by atoms with van der Waals surface area (Å²) >= 11 is 0. The fraction of sp³-hybridized carbons (Fsp3) is 0.0952. The van der Waals surface area contributed by atoms with Gasteiger partial charge in [0.15, 0.2) is 0 Å². The molecule has 0 saturated carbocycles. The molecule has 3 aromatic rings. The summed E-state index contributed by atoms with van der Waals surface area (Å²) in [6.45, 7) is 3.74. The van der Waals surface area contributed by atoms with Crippen LogP contribution in [0, 0.1) is 19.7 Å². The quantitative estimate of drug-likeness (QED) is 0.665.